The van der Waals surface area contributed by atoms with Gasteiger partial charge in [0.1, 0.15) is 30.2 Å². The molecule has 22 heteroatoms. The van der Waals surface area contributed by atoms with Crippen molar-refractivity contribution in [2.75, 3.05) is 38.0 Å². The highest BCUT2D eigenvalue weighted by Crippen LogP contribution is 2.22. The van der Waals surface area contributed by atoms with Crippen molar-refractivity contribution in [1.82, 2.24) is 36.8 Å². The number of hydrogen-bond acceptors (Lipinski definition) is 10. The highest BCUT2D eigenvalue weighted by atomic mass is 16.2. The Morgan fingerprint density at radius 3 is 1.95 bits per heavy atom. The van der Waals surface area contributed by atoms with Gasteiger partial charge in [-0.3, -0.25) is 48.3 Å². The lowest BCUT2D eigenvalue weighted by molar-refractivity contribution is -0.142. The number of fused-ring (bicyclic) bond motifs is 1. The second-order valence-electron chi connectivity index (χ2n) is 18.9. The van der Waals surface area contributed by atoms with Crippen LogP contribution in [0.2, 0.25) is 0 Å². The molecule has 4 aromatic rings. The Balaban J connectivity index is 1.22. The molecule has 406 valence electrons. The van der Waals surface area contributed by atoms with E-state index in [9.17, 15) is 38.4 Å². The molecule has 1 saturated heterocycles. The Bertz CT molecular complexity index is 2710. The van der Waals surface area contributed by atoms with Crippen molar-refractivity contribution in [3.05, 3.63) is 114 Å². The highest BCUT2D eigenvalue weighted by Gasteiger charge is 2.39. The van der Waals surface area contributed by atoms with Gasteiger partial charge in [0, 0.05) is 50.8 Å². The molecule has 1 fully saturated rings. The third kappa shape index (κ3) is 18.7. The molecule has 0 aliphatic carbocycles. The second-order valence-corrected chi connectivity index (χ2v) is 18.9. The second kappa shape index (κ2) is 29.4. The molecule has 0 unspecified atom stereocenters. The summed E-state index contributed by atoms with van der Waals surface area (Å²) in [7, 11) is 0. The number of nitrogens with two attached hydrogens (primary N) is 4. The maximum Gasteiger partial charge on any atom is 0.251 e. The number of benzene rings is 4. The molecule has 0 spiro atoms. The molecule has 15 N–H and O–H groups in total. The SMILES string of the molecule is CC(=O)NCC(=O)N[C@@H](CCCN=C(N)N)C(=O)N1CCC[C@H]1C(=O)N[C@@H](CCCN=C(N)N)C(=O)Nc1ccc(C(=O)N[C@H](C(=O)N[C@@H](Cc2ccccc2)C(=O)NCCc2ccc3ccccc3c2)C(C)C)cc1. The van der Waals surface area contributed by atoms with Crippen molar-refractivity contribution >= 4 is 75.6 Å². The summed E-state index contributed by atoms with van der Waals surface area (Å²) in [6, 6.07) is 24.3. The van der Waals surface area contributed by atoms with E-state index >= 15 is 0 Å². The average molecular weight is 1050 g/mol. The van der Waals surface area contributed by atoms with E-state index in [1.54, 1.807) is 13.8 Å². The van der Waals surface area contributed by atoms with E-state index in [-0.39, 0.29) is 93.3 Å². The molecule has 22 nitrogen and oxygen atoms in total. The van der Waals surface area contributed by atoms with Crippen LogP contribution in [0.1, 0.15) is 80.8 Å². The normalized spacial score (nSPS) is 14.5. The van der Waals surface area contributed by atoms with Crippen LogP contribution in [0.15, 0.2) is 107 Å². The first-order valence-corrected chi connectivity index (χ1v) is 25.4. The van der Waals surface area contributed by atoms with E-state index in [4.69, 9.17) is 22.9 Å². The van der Waals surface area contributed by atoms with E-state index < -0.39 is 71.6 Å². The fourth-order valence-corrected chi connectivity index (χ4v) is 8.62. The van der Waals surface area contributed by atoms with E-state index in [0.29, 0.717) is 25.8 Å². The number of guanidine groups is 2. The summed E-state index contributed by atoms with van der Waals surface area (Å²) >= 11 is 0. The molecule has 5 rings (SSSR count). The molecular weight excluding hydrogens is 973 g/mol. The van der Waals surface area contributed by atoms with Crippen molar-refractivity contribution in [3.8, 4) is 0 Å². The van der Waals surface area contributed by atoms with E-state index in [2.05, 4.69) is 53.3 Å². The number of nitrogens with one attached hydrogen (secondary N) is 7. The molecule has 0 saturated carbocycles. The standard InChI is InChI=1S/C54H72N14O8/c1-33(2)46(51(75)66-43(31-35-12-5-4-6-13-35)48(72)59-28-25-36-19-20-37-14-7-8-15-39(37)30-36)67-47(71)38-21-23-40(24-22-38)63-49(73)41(16-9-26-60-53(55)56)65-50(74)44-18-11-29-68(44)52(76)42(17-10-27-61-54(57)58)64-45(70)32-62-34(3)69/h4-8,12-15,19-24,30,33,41-44,46H,9-11,16-18,25-29,31-32H2,1-3H3,(H,59,72)(H,62,69)(H,63,73)(H,64,70)(H,65,74)(H,66,75)(H,67,71)(H4,55,56,60)(H4,57,58,61)/t41-,42-,43-,44-,46-/m0/s1. The zero-order chi connectivity index (χ0) is 55.1. The molecule has 5 atom stereocenters. The third-order valence-electron chi connectivity index (χ3n) is 12.6. The zero-order valence-corrected chi connectivity index (χ0v) is 43.3. The maximum absolute atomic E-state index is 14.0. The van der Waals surface area contributed by atoms with Crippen LogP contribution in [0.5, 0.6) is 0 Å². The lowest BCUT2D eigenvalue weighted by atomic mass is 10.0. The quantitative estimate of drug-likeness (QED) is 0.0225. The molecule has 1 aliphatic rings. The summed E-state index contributed by atoms with van der Waals surface area (Å²) in [5, 5.41) is 21.5. The Kier molecular flexibility index (Phi) is 22.5. The van der Waals surface area contributed by atoms with Crippen LogP contribution in [-0.2, 0) is 46.4 Å². The first kappa shape index (κ1) is 58.3. The van der Waals surface area contributed by atoms with Crippen molar-refractivity contribution in [2.24, 2.45) is 38.8 Å². The first-order valence-electron chi connectivity index (χ1n) is 25.4. The molecule has 4 aromatic carbocycles. The Labute approximate surface area is 442 Å². The number of likely N-dealkylation sites (tertiary alicyclic amines) is 1. The molecule has 0 aromatic heterocycles. The fraction of sp³-hybridized carbons (Fsp3) is 0.407. The van der Waals surface area contributed by atoms with Gasteiger partial charge < -0.3 is 65.1 Å². The lowest BCUT2D eigenvalue weighted by Crippen LogP contribution is -2.56. The molecule has 0 bridgehead atoms. The largest absolute Gasteiger partial charge is 0.370 e. The smallest absolute Gasteiger partial charge is 0.251 e. The number of rotatable bonds is 27. The minimum absolute atomic E-state index is 0.0972. The minimum atomic E-state index is -1.13. The van der Waals surface area contributed by atoms with Gasteiger partial charge in [-0.25, -0.2) is 0 Å². The fourth-order valence-electron chi connectivity index (χ4n) is 8.62. The molecule has 76 heavy (non-hydrogen) atoms. The van der Waals surface area contributed by atoms with Crippen LogP contribution in [0.3, 0.4) is 0 Å². The first-order chi connectivity index (χ1) is 36.4. The van der Waals surface area contributed by atoms with Gasteiger partial charge in [0.2, 0.25) is 41.4 Å². The topological polar surface area (TPSA) is 353 Å². The van der Waals surface area contributed by atoms with E-state index in [1.165, 1.54) is 36.1 Å². The van der Waals surface area contributed by atoms with E-state index in [1.807, 2.05) is 66.7 Å². The lowest BCUT2D eigenvalue weighted by Gasteiger charge is -2.30. The molecule has 1 heterocycles. The third-order valence-corrected chi connectivity index (χ3v) is 12.6. The summed E-state index contributed by atoms with van der Waals surface area (Å²) < 4.78 is 0. The number of hydrogen-bond donors (Lipinski definition) is 11. The minimum Gasteiger partial charge on any atom is -0.370 e. The number of amides is 8. The van der Waals surface area contributed by atoms with Crippen molar-refractivity contribution in [1.29, 1.82) is 0 Å². The van der Waals surface area contributed by atoms with Gasteiger partial charge in [0.25, 0.3) is 5.91 Å². The van der Waals surface area contributed by atoms with Crippen LogP contribution in [0, 0.1) is 5.92 Å². The van der Waals surface area contributed by atoms with Crippen molar-refractivity contribution in [3.63, 3.8) is 0 Å². The Morgan fingerprint density at radius 1 is 0.658 bits per heavy atom. The van der Waals surface area contributed by atoms with Crippen LogP contribution in [-0.4, -0.2) is 127 Å². The average Bonchev–Trinajstić information content (AvgIpc) is 3.89. The zero-order valence-electron chi connectivity index (χ0n) is 43.3. The highest BCUT2D eigenvalue weighted by molar-refractivity contribution is 6.01. The Hall–Kier alpha value is -8.56. The van der Waals surface area contributed by atoms with Crippen LogP contribution >= 0.6 is 0 Å². The molecular formula is C54H72N14O8. The van der Waals surface area contributed by atoms with Gasteiger partial charge in [-0.05, 0) is 97.0 Å². The van der Waals surface area contributed by atoms with Crippen LogP contribution in [0.4, 0.5) is 5.69 Å². The summed E-state index contributed by atoms with van der Waals surface area (Å²) in [4.78, 5) is 117. The predicted molar refractivity (Wildman–Crippen MR) is 291 cm³/mol. The summed E-state index contributed by atoms with van der Waals surface area (Å²) in [6.07, 6.45) is 2.36. The summed E-state index contributed by atoms with van der Waals surface area (Å²) in [5.74, 6) is -4.93. The van der Waals surface area contributed by atoms with E-state index in [0.717, 1.165) is 21.9 Å². The van der Waals surface area contributed by atoms with Crippen molar-refractivity contribution in [2.45, 2.75) is 102 Å². The summed E-state index contributed by atoms with van der Waals surface area (Å²) in [6.45, 7) is 5.32. The number of nitrogens with zero attached hydrogens (tertiary/aromatic N) is 3. The predicted octanol–water partition coefficient (Wildman–Crippen LogP) is 0.823. The van der Waals surface area contributed by atoms with Gasteiger partial charge in [0.15, 0.2) is 11.9 Å². The van der Waals surface area contributed by atoms with Crippen LogP contribution in [0.25, 0.3) is 10.8 Å². The molecule has 8 amide bonds. The number of carbonyl (C=O) groups excluding carboxylic acids is 8. The van der Waals surface area contributed by atoms with Crippen molar-refractivity contribution < 1.29 is 38.4 Å². The van der Waals surface area contributed by atoms with Gasteiger partial charge in [-0.15, -0.1) is 0 Å². The molecule has 1 aliphatic heterocycles. The number of anilines is 1. The molecule has 0 radical (unpaired) electrons. The monoisotopic (exact) mass is 1040 g/mol. The van der Waals surface area contributed by atoms with Gasteiger partial charge in [-0.2, -0.15) is 0 Å². The van der Waals surface area contributed by atoms with Gasteiger partial charge in [0.05, 0.1) is 6.54 Å². The Morgan fingerprint density at radius 2 is 1.30 bits per heavy atom. The van der Waals surface area contributed by atoms with Gasteiger partial charge >= 0.3 is 0 Å². The maximum atomic E-state index is 14.0. The van der Waals surface area contributed by atoms with Gasteiger partial charge in [-0.1, -0.05) is 86.6 Å². The summed E-state index contributed by atoms with van der Waals surface area (Å²) in [5.41, 5.74) is 24.3. The number of carbonyl (C=O) groups is 8. The number of aliphatic imine (C=N–C) groups is 2. The van der Waals surface area contributed by atoms with Crippen LogP contribution < -0.4 is 60.2 Å².